The Morgan fingerprint density at radius 3 is 3.00 bits per heavy atom. The molecular weight excluding hydrogens is 237 g/mol. The van der Waals surface area contributed by atoms with Crippen LogP contribution in [0.15, 0.2) is 18.2 Å². The first kappa shape index (κ1) is 12.8. The van der Waals surface area contributed by atoms with Crippen LogP contribution in [0.3, 0.4) is 0 Å². The second-order valence-corrected chi connectivity index (χ2v) is 4.56. The van der Waals surface area contributed by atoms with Gasteiger partial charge in [-0.2, -0.15) is 0 Å². The largest absolute Gasteiger partial charge is 0.367 e. The number of nitrogens with zero attached hydrogens (tertiary/aromatic N) is 2. The van der Waals surface area contributed by atoms with Crippen LogP contribution in [0, 0.1) is 15.9 Å². The molecule has 0 aliphatic carbocycles. The molecular formula is C12H16FN3O2. The molecule has 98 valence electrons. The van der Waals surface area contributed by atoms with E-state index in [4.69, 9.17) is 0 Å². The molecule has 6 heteroatoms. The second kappa shape index (κ2) is 5.30. The molecule has 0 aromatic heterocycles. The van der Waals surface area contributed by atoms with Crippen molar-refractivity contribution in [3.05, 3.63) is 34.1 Å². The van der Waals surface area contributed by atoms with Crippen LogP contribution in [0.2, 0.25) is 0 Å². The summed E-state index contributed by atoms with van der Waals surface area (Å²) >= 11 is 0. The van der Waals surface area contributed by atoms with Crippen molar-refractivity contribution in [2.45, 2.75) is 18.9 Å². The van der Waals surface area contributed by atoms with Gasteiger partial charge in [-0.25, -0.2) is 4.39 Å². The van der Waals surface area contributed by atoms with Crippen molar-refractivity contribution >= 4 is 11.4 Å². The number of rotatable bonds is 4. The Balaban J connectivity index is 2.19. The van der Waals surface area contributed by atoms with E-state index in [1.807, 2.05) is 0 Å². The predicted molar refractivity (Wildman–Crippen MR) is 67.3 cm³/mol. The Labute approximate surface area is 105 Å². The van der Waals surface area contributed by atoms with Gasteiger partial charge in [0, 0.05) is 31.8 Å². The van der Waals surface area contributed by atoms with Crippen molar-refractivity contribution in [1.29, 1.82) is 0 Å². The van der Waals surface area contributed by atoms with Gasteiger partial charge in [0.1, 0.15) is 11.5 Å². The van der Waals surface area contributed by atoms with E-state index in [1.165, 1.54) is 12.1 Å². The lowest BCUT2D eigenvalue weighted by Gasteiger charge is -2.23. The second-order valence-electron chi connectivity index (χ2n) is 4.56. The van der Waals surface area contributed by atoms with Crippen LogP contribution in [0.5, 0.6) is 0 Å². The van der Waals surface area contributed by atoms with Crippen LogP contribution in [0.25, 0.3) is 0 Å². The molecule has 0 amide bonds. The summed E-state index contributed by atoms with van der Waals surface area (Å²) in [5.41, 5.74) is 0.269. The number of hydrogen-bond donors (Lipinski definition) is 1. The predicted octanol–water partition coefficient (Wildman–Crippen LogP) is 1.92. The summed E-state index contributed by atoms with van der Waals surface area (Å²) in [4.78, 5) is 12.2. The quantitative estimate of drug-likeness (QED) is 0.658. The zero-order valence-corrected chi connectivity index (χ0v) is 10.2. The monoisotopic (exact) mass is 253 g/mol. The van der Waals surface area contributed by atoms with Gasteiger partial charge in [0.05, 0.1) is 4.92 Å². The SMILES string of the molecule is CN(CC1CCCN1)c1cc(F)ccc1[N+](=O)[O-]. The maximum absolute atomic E-state index is 13.2. The fourth-order valence-corrected chi connectivity index (χ4v) is 2.30. The molecule has 5 nitrogen and oxygen atoms in total. The van der Waals surface area contributed by atoms with Crippen molar-refractivity contribution in [2.24, 2.45) is 0 Å². The van der Waals surface area contributed by atoms with Gasteiger partial charge >= 0.3 is 0 Å². The molecule has 18 heavy (non-hydrogen) atoms. The van der Waals surface area contributed by atoms with Crippen LogP contribution in [0.1, 0.15) is 12.8 Å². The summed E-state index contributed by atoms with van der Waals surface area (Å²) in [6.07, 6.45) is 2.16. The number of benzene rings is 1. The van der Waals surface area contributed by atoms with Gasteiger partial charge in [0.15, 0.2) is 0 Å². The van der Waals surface area contributed by atoms with E-state index in [0.717, 1.165) is 25.5 Å². The van der Waals surface area contributed by atoms with Crippen LogP contribution < -0.4 is 10.2 Å². The molecule has 0 bridgehead atoms. The molecule has 1 atom stereocenters. The van der Waals surface area contributed by atoms with Crippen molar-refractivity contribution < 1.29 is 9.31 Å². The van der Waals surface area contributed by atoms with E-state index in [-0.39, 0.29) is 5.69 Å². The molecule has 1 saturated heterocycles. The molecule has 1 aliphatic heterocycles. The normalized spacial score (nSPS) is 18.9. The van der Waals surface area contributed by atoms with E-state index >= 15 is 0 Å². The minimum absolute atomic E-state index is 0.0584. The Hall–Kier alpha value is -1.69. The molecule has 0 saturated carbocycles. The Bertz CT molecular complexity index is 447. The Morgan fingerprint density at radius 1 is 1.61 bits per heavy atom. The summed E-state index contributed by atoms with van der Waals surface area (Å²) in [6.45, 7) is 1.62. The standard InChI is InChI=1S/C12H16FN3O2/c1-15(8-10-3-2-6-14-10)12-7-9(13)4-5-11(12)16(17)18/h4-5,7,10,14H,2-3,6,8H2,1H3. The first-order valence-electron chi connectivity index (χ1n) is 5.96. The summed E-state index contributed by atoms with van der Waals surface area (Å²) in [6, 6.07) is 3.86. The smallest absolute Gasteiger partial charge is 0.292 e. The third kappa shape index (κ3) is 2.76. The van der Waals surface area contributed by atoms with Gasteiger partial charge in [0.25, 0.3) is 5.69 Å². The van der Waals surface area contributed by atoms with E-state index in [2.05, 4.69) is 5.32 Å². The average molecular weight is 253 g/mol. The molecule has 1 aliphatic rings. The van der Waals surface area contributed by atoms with Crippen molar-refractivity contribution in [3.63, 3.8) is 0 Å². The third-order valence-electron chi connectivity index (χ3n) is 3.20. The number of anilines is 1. The maximum Gasteiger partial charge on any atom is 0.292 e. The minimum Gasteiger partial charge on any atom is -0.367 e. The maximum atomic E-state index is 13.2. The highest BCUT2D eigenvalue weighted by Gasteiger charge is 2.21. The number of hydrogen-bond acceptors (Lipinski definition) is 4. The number of halogens is 1. The zero-order chi connectivity index (χ0) is 13.1. The lowest BCUT2D eigenvalue weighted by atomic mass is 10.2. The topological polar surface area (TPSA) is 58.4 Å². The van der Waals surface area contributed by atoms with Crippen molar-refractivity contribution in [1.82, 2.24) is 5.32 Å². The molecule has 1 fully saturated rings. The lowest BCUT2D eigenvalue weighted by molar-refractivity contribution is -0.384. The summed E-state index contributed by atoms with van der Waals surface area (Å²) in [7, 11) is 1.75. The number of nitro groups is 1. The van der Waals surface area contributed by atoms with E-state index < -0.39 is 10.7 Å². The first-order chi connectivity index (χ1) is 8.58. The first-order valence-corrected chi connectivity index (χ1v) is 5.96. The summed E-state index contributed by atoms with van der Waals surface area (Å²) < 4.78 is 13.2. The number of nitro benzene ring substituents is 1. The highest BCUT2D eigenvalue weighted by atomic mass is 19.1. The van der Waals surface area contributed by atoms with Gasteiger partial charge in [-0.15, -0.1) is 0 Å². The lowest BCUT2D eigenvalue weighted by Crippen LogP contribution is -2.35. The zero-order valence-electron chi connectivity index (χ0n) is 10.2. The third-order valence-corrected chi connectivity index (χ3v) is 3.20. The van der Waals surface area contributed by atoms with Gasteiger partial charge in [0.2, 0.25) is 0 Å². The summed E-state index contributed by atoms with van der Waals surface area (Å²) in [5.74, 6) is -0.457. The molecule has 1 N–H and O–H groups in total. The molecule has 1 aromatic carbocycles. The fraction of sp³-hybridized carbons (Fsp3) is 0.500. The van der Waals surface area contributed by atoms with E-state index in [9.17, 15) is 14.5 Å². The molecule has 0 spiro atoms. The van der Waals surface area contributed by atoms with Crippen LogP contribution in [-0.2, 0) is 0 Å². The molecule has 2 rings (SSSR count). The van der Waals surface area contributed by atoms with Gasteiger partial charge in [-0.05, 0) is 25.5 Å². The minimum atomic E-state index is -0.479. The van der Waals surface area contributed by atoms with Gasteiger partial charge < -0.3 is 10.2 Å². The number of nitrogens with one attached hydrogen (secondary N) is 1. The van der Waals surface area contributed by atoms with Crippen LogP contribution >= 0.6 is 0 Å². The van der Waals surface area contributed by atoms with Gasteiger partial charge in [-0.1, -0.05) is 0 Å². The molecule has 1 unspecified atom stereocenters. The highest BCUT2D eigenvalue weighted by molar-refractivity contribution is 5.63. The van der Waals surface area contributed by atoms with Crippen molar-refractivity contribution in [2.75, 3.05) is 25.0 Å². The molecule has 1 aromatic rings. The Kier molecular flexibility index (Phi) is 3.76. The van der Waals surface area contributed by atoms with E-state index in [1.54, 1.807) is 11.9 Å². The fourth-order valence-electron chi connectivity index (χ4n) is 2.30. The number of likely N-dealkylation sites (N-methyl/N-ethyl adjacent to an activating group) is 1. The molecule has 0 radical (unpaired) electrons. The summed E-state index contributed by atoms with van der Waals surface area (Å²) in [5, 5.41) is 14.2. The van der Waals surface area contributed by atoms with Crippen molar-refractivity contribution in [3.8, 4) is 0 Å². The molecule has 1 heterocycles. The van der Waals surface area contributed by atoms with Crippen LogP contribution in [0.4, 0.5) is 15.8 Å². The highest BCUT2D eigenvalue weighted by Crippen LogP contribution is 2.28. The van der Waals surface area contributed by atoms with E-state index in [0.29, 0.717) is 18.3 Å². The Morgan fingerprint density at radius 2 is 2.39 bits per heavy atom. The van der Waals surface area contributed by atoms with Gasteiger partial charge in [-0.3, -0.25) is 10.1 Å². The average Bonchev–Trinajstić information content (AvgIpc) is 2.81. The van der Waals surface area contributed by atoms with Crippen LogP contribution in [-0.4, -0.2) is 31.1 Å².